The molecule has 0 bridgehead atoms. The van der Waals surface area contributed by atoms with E-state index >= 15 is 0 Å². The Labute approximate surface area is 150 Å². The van der Waals surface area contributed by atoms with Crippen LogP contribution in [0.15, 0.2) is 36.4 Å². The van der Waals surface area contributed by atoms with Gasteiger partial charge in [-0.1, -0.05) is 30.3 Å². The van der Waals surface area contributed by atoms with E-state index in [1.54, 1.807) is 7.11 Å². The Morgan fingerprint density at radius 1 is 1.08 bits per heavy atom. The Morgan fingerprint density at radius 2 is 1.88 bits per heavy atom. The van der Waals surface area contributed by atoms with Crippen LogP contribution in [0.2, 0.25) is 0 Å². The lowest BCUT2D eigenvalue weighted by atomic mass is 9.91. The predicted octanol–water partition coefficient (Wildman–Crippen LogP) is 4.31. The maximum atomic E-state index is 6.05. The number of hydrogen-bond donors (Lipinski definition) is 0. The lowest BCUT2D eigenvalue weighted by Crippen LogP contribution is -2.22. The van der Waals surface area contributed by atoms with Crippen molar-refractivity contribution in [2.45, 2.75) is 25.9 Å². The minimum atomic E-state index is 0. The minimum absolute atomic E-state index is 0. The lowest BCUT2D eigenvalue weighted by Gasteiger charge is -2.25. The van der Waals surface area contributed by atoms with Crippen molar-refractivity contribution >= 4 is 12.4 Å². The second-order valence-corrected chi connectivity index (χ2v) is 6.38. The number of fused-ring (bicyclic) bond motifs is 3. The van der Waals surface area contributed by atoms with E-state index in [1.165, 1.54) is 48.2 Å². The number of ether oxygens (including phenoxy) is 2. The monoisotopic (exact) mass is 345 g/mol. The summed E-state index contributed by atoms with van der Waals surface area (Å²) in [7, 11) is 1.71. The third kappa shape index (κ3) is 3.11. The van der Waals surface area contributed by atoms with Crippen LogP contribution in [0.4, 0.5) is 0 Å². The normalized spacial score (nSPS) is 15.9. The Bertz CT molecular complexity index is 711. The standard InChI is InChI=1S/C20H23NO2.ClH/c1-22-18-9-8-15(10-13-21-11-4-5-12-21)19-17-7-3-2-6-16(17)14-23-20(18)19;/h2-3,6-9H,4-5,10-14H2,1H3;1H. The molecule has 128 valence electrons. The molecule has 0 atom stereocenters. The Balaban J connectivity index is 0.00000169. The highest BCUT2D eigenvalue weighted by molar-refractivity contribution is 5.85. The largest absolute Gasteiger partial charge is 0.493 e. The summed E-state index contributed by atoms with van der Waals surface area (Å²) in [4.78, 5) is 2.56. The van der Waals surface area contributed by atoms with Gasteiger partial charge in [0.25, 0.3) is 0 Å². The van der Waals surface area contributed by atoms with Gasteiger partial charge in [-0.3, -0.25) is 0 Å². The number of nitrogens with zero attached hydrogens (tertiary/aromatic N) is 1. The quantitative estimate of drug-likeness (QED) is 0.824. The van der Waals surface area contributed by atoms with Crippen LogP contribution in [-0.2, 0) is 13.0 Å². The van der Waals surface area contributed by atoms with Crippen molar-refractivity contribution in [3.63, 3.8) is 0 Å². The van der Waals surface area contributed by atoms with E-state index in [1.807, 2.05) is 6.07 Å². The molecule has 2 aromatic carbocycles. The van der Waals surface area contributed by atoms with Crippen LogP contribution in [0, 0.1) is 0 Å². The zero-order valence-corrected chi connectivity index (χ0v) is 14.9. The van der Waals surface area contributed by atoms with Gasteiger partial charge in [-0.25, -0.2) is 0 Å². The fourth-order valence-electron chi connectivity index (χ4n) is 3.74. The molecular formula is C20H24ClNO2. The zero-order valence-electron chi connectivity index (χ0n) is 14.1. The van der Waals surface area contributed by atoms with Crippen LogP contribution < -0.4 is 9.47 Å². The molecule has 1 saturated heterocycles. The SMILES string of the molecule is COc1ccc(CCN2CCCC2)c2c1OCc1ccccc1-2.Cl. The third-order valence-electron chi connectivity index (χ3n) is 4.98. The first-order valence-electron chi connectivity index (χ1n) is 8.50. The Morgan fingerprint density at radius 3 is 2.67 bits per heavy atom. The molecule has 0 aliphatic carbocycles. The molecule has 3 nitrogen and oxygen atoms in total. The first-order valence-corrected chi connectivity index (χ1v) is 8.50. The summed E-state index contributed by atoms with van der Waals surface area (Å²) in [5.41, 5.74) is 5.14. The van der Waals surface area contributed by atoms with Gasteiger partial charge >= 0.3 is 0 Å². The molecule has 0 amide bonds. The van der Waals surface area contributed by atoms with Gasteiger partial charge in [-0.2, -0.15) is 0 Å². The summed E-state index contributed by atoms with van der Waals surface area (Å²) in [5, 5.41) is 0. The molecule has 4 heteroatoms. The van der Waals surface area contributed by atoms with Crippen molar-refractivity contribution in [1.82, 2.24) is 4.90 Å². The smallest absolute Gasteiger partial charge is 0.169 e. The van der Waals surface area contributed by atoms with E-state index < -0.39 is 0 Å². The molecule has 2 heterocycles. The molecule has 1 fully saturated rings. The maximum absolute atomic E-state index is 6.05. The fourth-order valence-corrected chi connectivity index (χ4v) is 3.74. The summed E-state index contributed by atoms with van der Waals surface area (Å²) in [6.45, 7) is 4.23. The van der Waals surface area contributed by atoms with Gasteiger partial charge in [-0.05, 0) is 55.1 Å². The van der Waals surface area contributed by atoms with Crippen molar-refractivity contribution in [3.8, 4) is 22.6 Å². The Kier molecular flexibility index (Phi) is 5.32. The number of likely N-dealkylation sites (tertiary alicyclic amines) is 1. The number of methoxy groups -OCH3 is 1. The van der Waals surface area contributed by atoms with Crippen LogP contribution in [-0.4, -0.2) is 31.6 Å². The van der Waals surface area contributed by atoms with Crippen molar-refractivity contribution < 1.29 is 9.47 Å². The number of rotatable bonds is 4. The summed E-state index contributed by atoms with van der Waals surface area (Å²) in [5.74, 6) is 1.74. The average molecular weight is 346 g/mol. The second-order valence-electron chi connectivity index (χ2n) is 6.38. The van der Waals surface area contributed by atoms with Crippen molar-refractivity contribution in [2.75, 3.05) is 26.7 Å². The van der Waals surface area contributed by atoms with Gasteiger partial charge in [0.1, 0.15) is 6.61 Å². The van der Waals surface area contributed by atoms with Crippen LogP contribution in [0.3, 0.4) is 0 Å². The molecule has 0 unspecified atom stereocenters. The van der Waals surface area contributed by atoms with Crippen LogP contribution in [0.1, 0.15) is 24.0 Å². The van der Waals surface area contributed by atoms with Gasteiger partial charge in [0.2, 0.25) is 0 Å². The molecule has 4 rings (SSSR count). The topological polar surface area (TPSA) is 21.7 Å². The van der Waals surface area contributed by atoms with Crippen molar-refractivity contribution in [1.29, 1.82) is 0 Å². The molecule has 2 aromatic rings. The highest BCUT2D eigenvalue weighted by Crippen LogP contribution is 2.45. The highest BCUT2D eigenvalue weighted by atomic mass is 35.5. The van der Waals surface area contributed by atoms with Gasteiger partial charge in [-0.15, -0.1) is 12.4 Å². The number of hydrogen-bond acceptors (Lipinski definition) is 3. The van der Waals surface area contributed by atoms with Crippen LogP contribution in [0.5, 0.6) is 11.5 Å². The summed E-state index contributed by atoms with van der Waals surface area (Å²) < 4.78 is 11.6. The molecule has 0 spiro atoms. The van der Waals surface area contributed by atoms with E-state index in [-0.39, 0.29) is 12.4 Å². The fraction of sp³-hybridized carbons (Fsp3) is 0.400. The maximum Gasteiger partial charge on any atom is 0.169 e. The van der Waals surface area contributed by atoms with E-state index in [0.717, 1.165) is 24.5 Å². The Hall–Kier alpha value is -1.71. The number of benzene rings is 2. The van der Waals surface area contributed by atoms with Gasteiger partial charge in [0, 0.05) is 12.1 Å². The van der Waals surface area contributed by atoms with E-state index in [4.69, 9.17) is 9.47 Å². The molecule has 2 aliphatic rings. The van der Waals surface area contributed by atoms with E-state index in [0.29, 0.717) is 6.61 Å². The van der Waals surface area contributed by atoms with Gasteiger partial charge in [0.15, 0.2) is 11.5 Å². The lowest BCUT2D eigenvalue weighted by molar-refractivity contribution is 0.280. The first kappa shape index (κ1) is 17.1. The molecule has 0 aromatic heterocycles. The molecule has 0 N–H and O–H groups in total. The van der Waals surface area contributed by atoms with Crippen molar-refractivity contribution in [3.05, 3.63) is 47.5 Å². The summed E-state index contributed by atoms with van der Waals surface area (Å²) in [6.07, 6.45) is 3.74. The van der Waals surface area contributed by atoms with Crippen LogP contribution in [0.25, 0.3) is 11.1 Å². The molecule has 0 radical (unpaired) electrons. The molecule has 2 aliphatic heterocycles. The summed E-state index contributed by atoms with van der Waals surface area (Å²) in [6, 6.07) is 12.8. The molecular weight excluding hydrogens is 322 g/mol. The average Bonchev–Trinajstić information content (AvgIpc) is 3.12. The predicted molar refractivity (Wildman–Crippen MR) is 99.4 cm³/mol. The van der Waals surface area contributed by atoms with Crippen LogP contribution >= 0.6 is 12.4 Å². The van der Waals surface area contributed by atoms with E-state index in [9.17, 15) is 0 Å². The minimum Gasteiger partial charge on any atom is -0.493 e. The van der Waals surface area contributed by atoms with Crippen molar-refractivity contribution in [2.24, 2.45) is 0 Å². The van der Waals surface area contributed by atoms with Gasteiger partial charge in [0.05, 0.1) is 7.11 Å². The number of halogens is 1. The van der Waals surface area contributed by atoms with Gasteiger partial charge < -0.3 is 14.4 Å². The second kappa shape index (κ2) is 7.45. The van der Waals surface area contributed by atoms with E-state index in [2.05, 4.69) is 35.2 Å². The zero-order chi connectivity index (χ0) is 15.6. The summed E-state index contributed by atoms with van der Waals surface area (Å²) >= 11 is 0. The third-order valence-corrected chi connectivity index (χ3v) is 4.98. The first-order chi connectivity index (χ1) is 11.4. The highest BCUT2D eigenvalue weighted by Gasteiger charge is 2.24. The molecule has 0 saturated carbocycles. The molecule has 24 heavy (non-hydrogen) atoms.